The van der Waals surface area contributed by atoms with Crippen LogP contribution in [-0.2, 0) is 7.05 Å². The van der Waals surface area contributed by atoms with Crippen molar-refractivity contribution in [1.29, 1.82) is 0 Å². The molecular weight excluding hydrogens is 323 g/mol. The lowest BCUT2D eigenvalue weighted by Gasteiger charge is -2.35. The first-order valence-corrected chi connectivity index (χ1v) is 8.52. The van der Waals surface area contributed by atoms with Crippen LogP contribution in [0.25, 0.3) is 0 Å². The molecule has 1 fully saturated rings. The molecule has 0 spiro atoms. The monoisotopic (exact) mass is 346 g/mol. The lowest BCUT2D eigenvalue weighted by Crippen LogP contribution is -2.41. The van der Waals surface area contributed by atoms with E-state index in [1.54, 1.807) is 25.4 Å². The van der Waals surface area contributed by atoms with Crippen LogP contribution in [0.5, 0.6) is 0 Å². The van der Waals surface area contributed by atoms with E-state index < -0.39 is 0 Å². The number of hydrogen-bond donors (Lipinski definition) is 2. The second-order valence-electron chi connectivity index (χ2n) is 6.28. The summed E-state index contributed by atoms with van der Waals surface area (Å²) in [5, 5.41) is 13.2. The maximum atomic E-state index is 13.2. The number of benzene rings is 1. The molecule has 1 saturated heterocycles. The van der Waals surface area contributed by atoms with E-state index in [2.05, 4.69) is 25.8 Å². The summed E-state index contributed by atoms with van der Waals surface area (Å²) in [6.07, 6.45) is 5.14. The Morgan fingerprint density at radius 3 is 2.60 bits per heavy atom. The third-order valence-corrected chi connectivity index (χ3v) is 4.39. The predicted octanol–water partition coefficient (Wildman–Crippen LogP) is 2.30. The Morgan fingerprint density at radius 2 is 1.96 bits per heavy atom. The SMILES string of the molecule is Cn1cc(NC(=O)NC[C@H](c2ccc(F)cc2)N2CCCCC2)nn1. The molecule has 1 aliphatic rings. The van der Waals surface area contributed by atoms with E-state index in [9.17, 15) is 9.18 Å². The summed E-state index contributed by atoms with van der Waals surface area (Å²) in [6, 6.07) is 6.20. The van der Waals surface area contributed by atoms with Gasteiger partial charge >= 0.3 is 6.03 Å². The number of amides is 2. The molecule has 25 heavy (non-hydrogen) atoms. The summed E-state index contributed by atoms with van der Waals surface area (Å²) < 4.78 is 14.8. The quantitative estimate of drug-likeness (QED) is 0.871. The maximum Gasteiger partial charge on any atom is 0.320 e. The van der Waals surface area contributed by atoms with Gasteiger partial charge in [0.2, 0.25) is 0 Å². The zero-order chi connectivity index (χ0) is 17.6. The first-order valence-electron chi connectivity index (χ1n) is 8.52. The molecule has 3 rings (SSSR count). The van der Waals surface area contributed by atoms with Crippen molar-refractivity contribution in [3.05, 3.63) is 41.8 Å². The normalized spacial score (nSPS) is 16.4. The number of carbonyl (C=O) groups is 1. The van der Waals surface area contributed by atoms with Crippen molar-refractivity contribution >= 4 is 11.8 Å². The fourth-order valence-corrected chi connectivity index (χ4v) is 3.13. The molecule has 2 N–H and O–H groups in total. The molecule has 0 saturated carbocycles. The van der Waals surface area contributed by atoms with E-state index in [4.69, 9.17) is 0 Å². The van der Waals surface area contributed by atoms with E-state index in [1.165, 1.54) is 23.2 Å². The second kappa shape index (κ2) is 8.06. The molecule has 0 radical (unpaired) electrons. The van der Waals surface area contributed by atoms with Crippen molar-refractivity contribution in [2.75, 3.05) is 25.0 Å². The number of aryl methyl sites for hydroxylation is 1. The van der Waals surface area contributed by atoms with Gasteiger partial charge in [-0.05, 0) is 43.6 Å². The number of halogens is 1. The summed E-state index contributed by atoms with van der Waals surface area (Å²) in [4.78, 5) is 14.5. The minimum atomic E-state index is -0.329. The summed E-state index contributed by atoms with van der Waals surface area (Å²) in [7, 11) is 1.73. The zero-order valence-corrected chi connectivity index (χ0v) is 14.3. The van der Waals surface area contributed by atoms with Crippen molar-refractivity contribution < 1.29 is 9.18 Å². The molecule has 1 aliphatic heterocycles. The number of anilines is 1. The molecular formula is C17H23FN6O. The highest BCUT2D eigenvalue weighted by molar-refractivity contribution is 5.87. The molecule has 8 heteroatoms. The molecule has 0 bridgehead atoms. The molecule has 2 heterocycles. The fourth-order valence-electron chi connectivity index (χ4n) is 3.13. The molecule has 2 aromatic rings. The Labute approximate surface area is 146 Å². The number of carbonyl (C=O) groups excluding carboxylic acids is 1. The van der Waals surface area contributed by atoms with Gasteiger partial charge in [-0.15, -0.1) is 5.10 Å². The Balaban J connectivity index is 1.64. The van der Waals surface area contributed by atoms with Gasteiger partial charge in [0.15, 0.2) is 5.82 Å². The van der Waals surface area contributed by atoms with Crippen LogP contribution < -0.4 is 10.6 Å². The van der Waals surface area contributed by atoms with Crippen LogP contribution in [0.2, 0.25) is 0 Å². The molecule has 134 valence electrons. The van der Waals surface area contributed by atoms with Gasteiger partial charge in [-0.1, -0.05) is 23.8 Å². The van der Waals surface area contributed by atoms with Gasteiger partial charge in [0.25, 0.3) is 0 Å². The number of urea groups is 1. The summed E-state index contributed by atoms with van der Waals surface area (Å²) in [6.45, 7) is 2.41. The average molecular weight is 346 g/mol. The number of likely N-dealkylation sites (tertiary alicyclic amines) is 1. The Morgan fingerprint density at radius 1 is 1.24 bits per heavy atom. The van der Waals surface area contributed by atoms with Gasteiger partial charge in [0.1, 0.15) is 5.82 Å². The molecule has 1 aromatic carbocycles. The van der Waals surface area contributed by atoms with Gasteiger partial charge in [-0.2, -0.15) is 0 Å². The second-order valence-corrected chi connectivity index (χ2v) is 6.28. The summed E-state index contributed by atoms with van der Waals surface area (Å²) in [5.74, 6) is 0.144. The topological polar surface area (TPSA) is 75.1 Å². The van der Waals surface area contributed by atoms with Crippen molar-refractivity contribution in [1.82, 2.24) is 25.2 Å². The molecule has 7 nitrogen and oxygen atoms in total. The van der Waals surface area contributed by atoms with Crippen molar-refractivity contribution in [2.45, 2.75) is 25.3 Å². The van der Waals surface area contributed by atoms with Crippen molar-refractivity contribution in [2.24, 2.45) is 7.05 Å². The van der Waals surface area contributed by atoms with Gasteiger partial charge in [-0.25, -0.2) is 9.18 Å². The Bertz CT molecular complexity index is 695. The highest BCUT2D eigenvalue weighted by Gasteiger charge is 2.23. The minimum absolute atomic E-state index is 0.0218. The van der Waals surface area contributed by atoms with Crippen LogP contribution in [0.1, 0.15) is 30.9 Å². The third kappa shape index (κ3) is 4.76. The number of nitrogens with one attached hydrogen (secondary N) is 2. The summed E-state index contributed by atoms with van der Waals surface area (Å²) in [5.41, 5.74) is 1.00. The van der Waals surface area contributed by atoms with Crippen LogP contribution in [0.3, 0.4) is 0 Å². The lowest BCUT2D eigenvalue weighted by atomic mass is 10.0. The maximum absolute atomic E-state index is 13.2. The van der Waals surface area contributed by atoms with Crippen LogP contribution in [-0.4, -0.2) is 45.6 Å². The minimum Gasteiger partial charge on any atom is -0.336 e. The largest absolute Gasteiger partial charge is 0.336 e. The van der Waals surface area contributed by atoms with Crippen LogP contribution in [0, 0.1) is 5.82 Å². The van der Waals surface area contributed by atoms with E-state index in [0.717, 1.165) is 31.5 Å². The first kappa shape index (κ1) is 17.3. The highest BCUT2D eigenvalue weighted by atomic mass is 19.1. The predicted molar refractivity (Wildman–Crippen MR) is 92.6 cm³/mol. The molecule has 1 aromatic heterocycles. The zero-order valence-electron chi connectivity index (χ0n) is 14.3. The van der Waals surface area contributed by atoms with Gasteiger partial charge in [-0.3, -0.25) is 14.9 Å². The van der Waals surface area contributed by atoms with Crippen molar-refractivity contribution in [3.8, 4) is 0 Å². The highest BCUT2D eigenvalue weighted by Crippen LogP contribution is 2.24. The number of hydrogen-bond acceptors (Lipinski definition) is 4. The number of piperidine rings is 1. The van der Waals surface area contributed by atoms with Crippen LogP contribution in [0.15, 0.2) is 30.5 Å². The van der Waals surface area contributed by atoms with Crippen LogP contribution >= 0.6 is 0 Å². The van der Waals surface area contributed by atoms with E-state index in [0.29, 0.717) is 12.4 Å². The van der Waals surface area contributed by atoms with Crippen LogP contribution in [0.4, 0.5) is 15.0 Å². The van der Waals surface area contributed by atoms with Gasteiger partial charge < -0.3 is 5.32 Å². The fraction of sp³-hybridized carbons (Fsp3) is 0.471. The van der Waals surface area contributed by atoms with Crippen molar-refractivity contribution in [3.63, 3.8) is 0 Å². The molecule has 1 atom stereocenters. The third-order valence-electron chi connectivity index (χ3n) is 4.39. The smallest absolute Gasteiger partial charge is 0.320 e. The van der Waals surface area contributed by atoms with E-state index >= 15 is 0 Å². The van der Waals surface area contributed by atoms with Gasteiger partial charge in [0, 0.05) is 13.6 Å². The first-order chi connectivity index (χ1) is 12.1. The molecule has 0 unspecified atom stereocenters. The average Bonchev–Trinajstić information content (AvgIpc) is 3.02. The van der Waals surface area contributed by atoms with E-state index in [1.807, 2.05) is 0 Å². The summed E-state index contributed by atoms with van der Waals surface area (Å²) >= 11 is 0. The molecule has 2 amide bonds. The lowest BCUT2D eigenvalue weighted by molar-refractivity contribution is 0.161. The standard InChI is InChI=1S/C17H23FN6O/c1-23-12-16(21-22-23)20-17(25)19-11-15(24-9-3-2-4-10-24)13-5-7-14(18)8-6-13/h5-8,12,15H,2-4,9-11H2,1H3,(H2,19,20,25)/t15-/m1/s1. The number of aromatic nitrogens is 3. The number of nitrogens with zero attached hydrogens (tertiary/aromatic N) is 4. The Kier molecular flexibility index (Phi) is 5.60. The van der Waals surface area contributed by atoms with Gasteiger partial charge in [0.05, 0.1) is 12.2 Å². The van der Waals surface area contributed by atoms with E-state index in [-0.39, 0.29) is 17.9 Å². The molecule has 0 aliphatic carbocycles. The number of rotatable bonds is 5. The Hall–Kier alpha value is -2.48.